The smallest absolute Gasteiger partial charge is 0.186 e. The quantitative estimate of drug-likeness (QED) is 0.518. The molecule has 0 aliphatic heterocycles. The molecule has 132 valence electrons. The number of aromatic nitrogens is 1. The van der Waals surface area contributed by atoms with Gasteiger partial charge in [-0.15, -0.1) is 0 Å². The standard InChI is InChI=1S/C20H17NO4S/c1-24-13-5-8-19-17(9-13)18-11-14(25-2)10-16(20(18)21-19)12-3-6-15(7-4-12)26(22)23/h3-11,21H,1-2H3,(H,22,23). The van der Waals surface area contributed by atoms with Crippen molar-refractivity contribution in [2.45, 2.75) is 4.90 Å². The summed E-state index contributed by atoms with van der Waals surface area (Å²) in [5, 5.41) is 2.08. The predicted molar refractivity (Wildman–Crippen MR) is 103 cm³/mol. The van der Waals surface area contributed by atoms with Crippen molar-refractivity contribution in [2.75, 3.05) is 14.2 Å². The highest BCUT2D eigenvalue weighted by Crippen LogP contribution is 2.38. The van der Waals surface area contributed by atoms with Gasteiger partial charge < -0.3 is 19.0 Å². The summed E-state index contributed by atoms with van der Waals surface area (Å²) in [6.45, 7) is 0. The van der Waals surface area contributed by atoms with Crippen LogP contribution in [-0.4, -0.2) is 28.0 Å². The van der Waals surface area contributed by atoms with Crippen molar-refractivity contribution < 1.29 is 18.2 Å². The molecule has 26 heavy (non-hydrogen) atoms. The van der Waals surface area contributed by atoms with Gasteiger partial charge in [-0.05, 0) is 48.0 Å². The van der Waals surface area contributed by atoms with Gasteiger partial charge in [0.2, 0.25) is 0 Å². The number of aromatic amines is 1. The minimum absolute atomic E-state index is 0.370. The normalized spacial score (nSPS) is 12.4. The first kappa shape index (κ1) is 16.6. The highest BCUT2D eigenvalue weighted by molar-refractivity contribution is 7.79. The summed E-state index contributed by atoms with van der Waals surface area (Å²) >= 11 is -1.99. The Morgan fingerprint density at radius 1 is 0.885 bits per heavy atom. The van der Waals surface area contributed by atoms with Crippen LogP contribution in [0.1, 0.15) is 0 Å². The van der Waals surface area contributed by atoms with E-state index in [1.54, 1.807) is 26.4 Å². The second-order valence-corrected chi connectivity index (χ2v) is 6.88. The topological polar surface area (TPSA) is 71.6 Å². The van der Waals surface area contributed by atoms with Gasteiger partial charge in [0.1, 0.15) is 11.5 Å². The van der Waals surface area contributed by atoms with Crippen LogP contribution in [-0.2, 0) is 11.1 Å². The van der Waals surface area contributed by atoms with Crippen LogP contribution in [0, 0.1) is 0 Å². The van der Waals surface area contributed by atoms with Crippen molar-refractivity contribution in [1.82, 2.24) is 4.98 Å². The lowest BCUT2D eigenvalue weighted by Crippen LogP contribution is -1.89. The van der Waals surface area contributed by atoms with Crippen LogP contribution in [0.4, 0.5) is 0 Å². The summed E-state index contributed by atoms with van der Waals surface area (Å²) in [4.78, 5) is 3.83. The molecule has 5 nitrogen and oxygen atoms in total. The maximum Gasteiger partial charge on any atom is 0.186 e. The minimum Gasteiger partial charge on any atom is -0.497 e. The van der Waals surface area contributed by atoms with E-state index in [2.05, 4.69) is 4.98 Å². The SMILES string of the molecule is COc1ccc2[nH]c3c(-c4ccc(S(=O)O)cc4)cc(OC)cc3c2c1. The minimum atomic E-state index is -1.99. The molecule has 0 aliphatic rings. The van der Waals surface area contributed by atoms with Gasteiger partial charge in [0.05, 0.1) is 24.6 Å². The zero-order valence-electron chi connectivity index (χ0n) is 14.3. The number of H-pyrrole nitrogens is 1. The Hall–Kier alpha value is -2.83. The van der Waals surface area contributed by atoms with Gasteiger partial charge in [-0.1, -0.05) is 12.1 Å². The van der Waals surface area contributed by atoms with E-state index in [4.69, 9.17) is 9.47 Å². The van der Waals surface area contributed by atoms with E-state index in [9.17, 15) is 8.76 Å². The van der Waals surface area contributed by atoms with E-state index in [0.29, 0.717) is 4.90 Å². The molecule has 0 amide bonds. The van der Waals surface area contributed by atoms with Crippen molar-refractivity contribution in [3.8, 4) is 22.6 Å². The van der Waals surface area contributed by atoms with E-state index in [-0.39, 0.29) is 0 Å². The van der Waals surface area contributed by atoms with Crippen molar-refractivity contribution in [1.29, 1.82) is 0 Å². The first-order valence-corrected chi connectivity index (χ1v) is 9.10. The summed E-state index contributed by atoms with van der Waals surface area (Å²) in [5.74, 6) is 1.53. The van der Waals surface area contributed by atoms with Gasteiger partial charge in [-0.25, -0.2) is 4.21 Å². The Bertz CT molecular complexity index is 1130. The molecule has 3 aromatic carbocycles. The number of nitrogens with one attached hydrogen (secondary N) is 1. The first-order valence-electron chi connectivity index (χ1n) is 7.99. The lowest BCUT2D eigenvalue weighted by Gasteiger charge is -2.08. The van der Waals surface area contributed by atoms with Crippen molar-refractivity contribution >= 4 is 32.9 Å². The highest BCUT2D eigenvalue weighted by Gasteiger charge is 2.13. The third-order valence-electron chi connectivity index (χ3n) is 4.49. The number of hydrogen-bond donors (Lipinski definition) is 2. The zero-order chi connectivity index (χ0) is 18.3. The number of methoxy groups -OCH3 is 2. The monoisotopic (exact) mass is 367 g/mol. The zero-order valence-corrected chi connectivity index (χ0v) is 15.1. The number of fused-ring (bicyclic) bond motifs is 3. The van der Waals surface area contributed by atoms with E-state index < -0.39 is 11.1 Å². The Kier molecular flexibility index (Phi) is 4.14. The van der Waals surface area contributed by atoms with E-state index in [0.717, 1.165) is 44.4 Å². The van der Waals surface area contributed by atoms with E-state index >= 15 is 0 Å². The Morgan fingerprint density at radius 2 is 1.58 bits per heavy atom. The van der Waals surface area contributed by atoms with Gasteiger partial charge in [-0.2, -0.15) is 0 Å². The molecule has 1 unspecified atom stereocenters. The van der Waals surface area contributed by atoms with Crippen LogP contribution in [0.15, 0.2) is 59.5 Å². The molecule has 1 atom stereocenters. The summed E-state index contributed by atoms with van der Waals surface area (Å²) in [7, 11) is 3.28. The van der Waals surface area contributed by atoms with Crippen LogP contribution >= 0.6 is 0 Å². The van der Waals surface area contributed by atoms with Crippen LogP contribution < -0.4 is 9.47 Å². The Balaban J connectivity index is 2.00. The summed E-state index contributed by atoms with van der Waals surface area (Å²) < 4.78 is 31.3. The van der Waals surface area contributed by atoms with E-state index in [1.807, 2.05) is 42.5 Å². The lowest BCUT2D eigenvalue weighted by atomic mass is 10.0. The Labute approximate surface area is 152 Å². The second kappa shape index (κ2) is 6.48. The van der Waals surface area contributed by atoms with Crippen LogP contribution in [0.3, 0.4) is 0 Å². The fourth-order valence-electron chi connectivity index (χ4n) is 3.18. The molecule has 0 saturated heterocycles. The number of rotatable bonds is 4. The molecule has 6 heteroatoms. The predicted octanol–water partition coefficient (Wildman–Crippen LogP) is 4.59. The number of ether oxygens (including phenoxy) is 2. The van der Waals surface area contributed by atoms with Crippen molar-refractivity contribution in [3.05, 3.63) is 54.6 Å². The van der Waals surface area contributed by atoms with Gasteiger partial charge in [0.15, 0.2) is 11.1 Å². The molecule has 1 heterocycles. The maximum atomic E-state index is 11.2. The largest absolute Gasteiger partial charge is 0.497 e. The van der Waals surface area contributed by atoms with Crippen LogP contribution in [0.25, 0.3) is 32.9 Å². The van der Waals surface area contributed by atoms with Gasteiger partial charge in [0.25, 0.3) is 0 Å². The number of hydrogen-bond acceptors (Lipinski definition) is 3. The van der Waals surface area contributed by atoms with Crippen LogP contribution in [0.5, 0.6) is 11.5 Å². The molecule has 0 bridgehead atoms. The fraction of sp³-hybridized carbons (Fsp3) is 0.100. The third-order valence-corrected chi connectivity index (χ3v) is 5.17. The molecule has 0 radical (unpaired) electrons. The van der Waals surface area contributed by atoms with Crippen molar-refractivity contribution in [3.63, 3.8) is 0 Å². The van der Waals surface area contributed by atoms with Crippen molar-refractivity contribution in [2.24, 2.45) is 0 Å². The average Bonchev–Trinajstić information content (AvgIpc) is 3.04. The summed E-state index contributed by atoms with van der Waals surface area (Å²) in [6, 6.07) is 16.8. The molecule has 4 aromatic rings. The average molecular weight is 367 g/mol. The lowest BCUT2D eigenvalue weighted by molar-refractivity contribution is 0.415. The second-order valence-electron chi connectivity index (χ2n) is 5.91. The molecule has 0 aliphatic carbocycles. The van der Waals surface area contributed by atoms with E-state index in [1.165, 1.54) is 0 Å². The molecular weight excluding hydrogens is 350 g/mol. The molecule has 0 spiro atoms. The van der Waals surface area contributed by atoms with Gasteiger partial charge >= 0.3 is 0 Å². The molecule has 0 fully saturated rings. The number of benzene rings is 3. The molecule has 1 aromatic heterocycles. The Morgan fingerprint density at radius 3 is 2.23 bits per heavy atom. The molecule has 2 N–H and O–H groups in total. The molecule has 4 rings (SSSR count). The van der Waals surface area contributed by atoms with Crippen LogP contribution in [0.2, 0.25) is 0 Å². The van der Waals surface area contributed by atoms with Gasteiger partial charge in [0, 0.05) is 21.9 Å². The van der Waals surface area contributed by atoms with Gasteiger partial charge in [-0.3, -0.25) is 0 Å². The molecular formula is C20H17NO4S. The fourth-order valence-corrected chi connectivity index (χ4v) is 3.54. The first-order chi connectivity index (χ1) is 12.6. The third kappa shape index (κ3) is 2.73. The molecule has 0 saturated carbocycles. The summed E-state index contributed by atoms with van der Waals surface area (Å²) in [6.07, 6.45) is 0. The maximum absolute atomic E-state index is 11.2. The summed E-state index contributed by atoms with van der Waals surface area (Å²) in [5.41, 5.74) is 3.88. The highest BCUT2D eigenvalue weighted by atomic mass is 32.2.